The molecule has 1 aromatic heterocycles. The third-order valence-electron chi connectivity index (χ3n) is 3.83. The van der Waals surface area contributed by atoms with Crippen LogP contribution in [0.2, 0.25) is 5.02 Å². The first-order valence-corrected chi connectivity index (χ1v) is 8.21. The first kappa shape index (κ1) is 14.3. The molecule has 1 aliphatic heterocycles. The number of piperidine rings is 1. The van der Waals surface area contributed by atoms with Crippen molar-refractivity contribution >= 4 is 22.9 Å². The van der Waals surface area contributed by atoms with Gasteiger partial charge in [0.2, 0.25) is 0 Å². The molecule has 0 aliphatic carbocycles. The summed E-state index contributed by atoms with van der Waals surface area (Å²) in [5.41, 5.74) is 6.03. The normalized spacial score (nSPS) is 23.2. The van der Waals surface area contributed by atoms with E-state index in [0.29, 0.717) is 18.6 Å². The molecule has 0 bridgehead atoms. The number of hydrogen-bond donors (Lipinski definition) is 1. The summed E-state index contributed by atoms with van der Waals surface area (Å²) in [4.78, 5) is 3.94. The molecule has 18 heavy (non-hydrogen) atoms. The largest absolute Gasteiger partial charge is 0.329 e. The smallest absolute Gasteiger partial charge is 0.0567 e. The fourth-order valence-electron chi connectivity index (χ4n) is 2.99. The van der Waals surface area contributed by atoms with E-state index in [4.69, 9.17) is 17.3 Å². The van der Waals surface area contributed by atoms with Gasteiger partial charge in [0.1, 0.15) is 0 Å². The van der Waals surface area contributed by atoms with E-state index in [1.165, 1.54) is 43.5 Å². The first-order valence-electron chi connectivity index (χ1n) is 6.96. The third kappa shape index (κ3) is 3.27. The third-order valence-corrected chi connectivity index (χ3v) is 5.22. The molecular weight excluding hydrogens is 264 g/mol. The standard InChI is InChI=1S/C14H23ClN2S/c1-2-5-12-6-3-4-7-17(12)13(9-16)14-8-11(15)10-18-14/h8,10,12-13H,2-7,9,16H2,1H3. The van der Waals surface area contributed by atoms with Crippen LogP contribution in [0.4, 0.5) is 0 Å². The highest BCUT2D eigenvalue weighted by Crippen LogP contribution is 2.34. The van der Waals surface area contributed by atoms with Crippen LogP contribution in [0.25, 0.3) is 0 Å². The van der Waals surface area contributed by atoms with Crippen LogP contribution in [0.1, 0.15) is 49.9 Å². The minimum Gasteiger partial charge on any atom is -0.329 e. The highest BCUT2D eigenvalue weighted by Gasteiger charge is 2.29. The van der Waals surface area contributed by atoms with Crippen molar-refractivity contribution in [3.8, 4) is 0 Å². The lowest BCUT2D eigenvalue weighted by Gasteiger charge is -2.40. The van der Waals surface area contributed by atoms with Gasteiger partial charge in [-0.1, -0.05) is 31.4 Å². The summed E-state index contributed by atoms with van der Waals surface area (Å²) >= 11 is 7.79. The molecule has 0 radical (unpaired) electrons. The number of nitrogens with two attached hydrogens (primary N) is 1. The first-order chi connectivity index (χ1) is 8.76. The number of halogens is 1. The second kappa shape index (κ2) is 6.90. The number of nitrogens with zero attached hydrogens (tertiary/aromatic N) is 1. The predicted molar refractivity (Wildman–Crippen MR) is 80.4 cm³/mol. The summed E-state index contributed by atoms with van der Waals surface area (Å²) in [7, 11) is 0. The van der Waals surface area contributed by atoms with Crippen molar-refractivity contribution in [1.29, 1.82) is 0 Å². The Labute approximate surface area is 119 Å². The number of rotatable bonds is 5. The fourth-order valence-corrected chi connectivity index (χ4v) is 4.21. The second-order valence-electron chi connectivity index (χ2n) is 5.09. The predicted octanol–water partition coefficient (Wildman–Crippen LogP) is 4.06. The van der Waals surface area contributed by atoms with Gasteiger partial charge in [-0.05, 0) is 31.9 Å². The van der Waals surface area contributed by atoms with E-state index >= 15 is 0 Å². The van der Waals surface area contributed by atoms with Gasteiger partial charge in [0.25, 0.3) is 0 Å². The molecule has 0 amide bonds. The summed E-state index contributed by atoms with van der Waals surface area (Å²) in [6.07, 6.45) is 6.53. The number of thiophene rings is 1. The van der Waals surface area contributed by atoms with Crippen LogP contribution in [0.3, 0.4) is 0 Å². The zero-order valence-corrected chi connectivity index (χ0v) is 12.6. The van der Waals surface area contributed by atoms with Gasteiger partial charge in [0.05, 0.1) is 11.1 Å². The maximum absolute atomic E-state index is 6.05. The molecule has 2 heterocycles. The van der Waals surface area contributed by atoms with Gasteiger partial charge in [-0.2, -0.15) is 0 Å². The van der Waals surface area contributed by atoms with Gasteiger partial charge >= 0.3 is 0 Å². The molecule has 0 spiro atoms. The van der Waals surface area contributed by atoms with E-state index in [0.717, 1.165) is 5.02 Å². The van der Waals surface area contributed by atoms with Crippen molar-refractivity contribution in [3.63, 3.8) is 0 Å². The molecular formula is C14H23ClN2S. The summed E-state index contributed by atoms with van der Waals surface area (Å²) in [5, 5.41) is 2.86. The van der Waals surface area contributed by atoms with Crippen molar-refractivity contribution < 1.29 is 0 Å². The van der Waals surface area contributed by atoms with Gasteiger partial charge in [0.15, 0.2) is 0 Å². The van der Waals surface area contributed by atoms with Crippen LogP contribution in [0.5, 0.6) is 0 Å². The Kier molecular flexibility index (Phi) is 5.49. The fraction of sp³-hybridized carbons (Fsp3) is 0.714. The number of hydrogen-bond acceptors (Lipinski definition) is 3. The van der Waals surface area contributed by atoms with Crippen molar-refractivity contribution in [1.82, 2.24) is 4.90 Å². The molecule has 4 heteroatoms. The van der Waals surface area contributed by atoms with Crippen LogP contribution in [-0.4, -0.2) is 24.0 Å². The molecule has 1 fully saturated rings. The zero-order chi connectivity index (χ0) is 13.0. The Morgan fingerprint density at radius 3 is 3.00 bits per heavy atom. The lowest BCUT2D eigenvalue weighted by molar-refractivity contribution is 0.0929. The zero-order valence-electron chi connectivity index (χ0n) is 11.1. The lowest BCUT2D eigenvalue weighted by atomic mass is 9.95. The molecule has 2 atom stereocenters. The summed E-state index contributed by atoms with van der Waals surface area (Å²) in [6, 6.07) is 3.15. The highest BCUT2D eigenvalue weighted by molar-refractivity contribution is 7.10. The molecule has 1 aliphatic rings. The Bertz CT molecular complexity index is 364. The summed E-state index contributed by atoms with van der Waals surface area (Å²) in [5.74, 6) is 0. The van der Waals surface area contributed by atoms with E-state index in [1.54, 1.807) is 11.3 Å². The molecule has 1 aromatic rings. The average molecular weight is 287 g/mol. The Morgan fingerprint density at radius 2 is 2.39 bits per heavy atom. The van der Waals surface area contributed by atoms with Gasteiger partial charge in [0, 0.05) is 22.8 Å². The van der Waals surface area contributed by atoms with Crippen molar-refractivity contribution in [2.75, 3.05) is 13.1 Å². The van der Waals surface area contributed by atoms with E-state index in [9.17, 15) is 0 Å². The SMILES string of the molecule is CCCC1CCCCN1C(CN)c1cc(Cl)cs1. The highest BCUT2D eigenvalue weighted by atomic mass is 35.5. The van der Waals surface area contributed by atoms with E-state index in [2.05, 4.69) is 17.9 Å². The lowest BCUT2D eigenvalue weighted by Crippen LogP contribution is -2.44. The summed E-state index contributed by atoms with van der Waals surface area (Å²) in [6.45, 7) is 4.14. The Morgan fingerprint density at radius 1 is 1.56 bits per heavy atom. The van der Waals surface area contributed by atoms with Crippen LogP contribution in [0, 0.1) is 0 Å². The van der Waals surface area contributed by atoms with Crippen LogP contribution >= 0.6 is 22.9 Å². The molecule has 102 valence electrons. The maximum Gasteiger partial charge on any atom is 0.0567 e. The maximum atomic E-state index is 6.05. The van der Waals surface area contributed by atoms with Gasteiger partial charge in [-0.3, -0.25) is 4.90 Å². The number of likely N-dealkylation sites (tertiary alicyclic amines) is 1. The second-order valence-corrected chi connectivity index (χ2v) is 6.47. The monoisotopic (exact) mass is 286 g/mol. The minimum absolute atomic E-state index is 0.361. The van der Waals surface area contributed by atoms with Crippen LogP contribution < -0.4 is 5.73 Å². The molecule has 2 unspecified atom stereocenters. The van der Waals surface area contributed by atoms with Crippen molar-refractivity contribution in [3.05, 3.63) is 21.3 Å². The van der Waals surface area contributed by atoms with Crippen molar-refractivity contribution in [2.24, 2.45) is 5.73 Å². The Balaban J connectivity index is 2.14. The molecule has 2 N–H and O–H groups in total. The van der Waals surface area contributed by atoms with Gasteiger partial charge in [-0.25, -0.2) is 0 Å². The minimum atomic E-state index is 0.361. The van der Waals surface area contributed by atoms with E-state index in [-0.39, 0.29) is 0 Å². The summed E-state index contributed by atoms with van der Waals surface area (Å²) < 4.78 is 0. The molecule has 2 rings (SSSR count). The molecule has 1 saturated heterocycles. The average Bonchev–Trinajstić information content (AvgIpc) is 2.79. The molecule has 0 aromatic carbocycles. The Hall–Kier alpha value is -0.0900. The van der Waals surface area contributed by atoms with E-state index < -0.39 is 0 Å². The van der Waals surface area contributed by atoms with Gasteiger partial charge < -0.3 is 5.73 Å². The van der Waals surface area contributed by atoms with Crippen LogP contribution in [-0.2, 0) is 0 Å². The van der Waals surface area contributed by atoms with Gasteiger partial charge in [-0.15, -0.1) is 11.3 Å². The topological polar surface area (TPSA) is 29.3 Å². The molecule has 2 nitrogen and oxygen atoms in total. The van der Waals surface area contributed by atoms with Crippen LogP contribution in [0.15, 0.2) is 11.4 Å². The van der Waals surface area contributed by atoms with E-state index in [1.807, 2.05) is 5.38 Å². The quantitative estimate of drug-likeness (QED) is 0.884. The van der Waals surface area contributed by atoms with Crippen molar-refractivity contribution in [2.45, 2.75) is 51.1 Å². The molecule has 0 saturated carbocycles.